The molecule has 0 aliphatic carbocycles. The van der Waals surface area contributed by atoms with E-state index in [-0.39, 0.29) is 12.3 Å². The van der Waals surface area contributed by atoms with Gasteiger partial charge in [-0.15, -0.1) is 10.2 Å². The number of nitrogens with zero attached hydrogens (tertiary/aromatic N) is 5. The van der Waals surface area contributed by atoms with Gasteiger partial charge in [0.25, 0.3) is 5.91 Å². The van der Waals surface area contributed by atoms with Crippen molar-refractivity contribution in [1.82, 2.24) is 41.0 Å². The van der Waals surface area contributed by atoms with Gasteiger partial charge in [0, 0.05) is 36.6 Å². The second-order valence-corrected chi connectivity index (χ2v) is 11.6. The van der Waals surface area contributed by atoms with Crippen molar-refractivity contribution in [1.29, 1.82) is 0 Å². The molecule has 6 rings (SSSR count). The van der Waals surface area contributed by atoms with Gasteiger partial charge >= 0.3 is 0 Å². The molecule has 0 aliphatic rings. The minimum Gasteiger partial charge on any atom is -0.348 e. The van der Waals surface area contributed by atoms with Gasteiger partial charge in [-0.2, -0.15) is 5.21 Å². The zero-order valence-corrected chi connectivity index (χ0v) is 26.3. The van der Waals surface area contributed by atoms with Crippen LogP contribution in [0.4, 0.5) is 0 Å². The van der Waals surface area contributed by atoms with Gasteiger partial charge < -0.3 is 9.88 Å². The van der Waals surface area contributed by atoms with Crippen molar-refractivity contribution in [2.75, 3.05) is 0 Å². The molecule has 0 saturated heterocycles. The minimum absolute atomic E-state index is 0.0630. The van der Waals surface area contributed by atoms with Gasteiger partial charge in [0.1, 0.15) is 5.82 Å². The number of nitrogens with one attached hydrogen (secondary N) is 3. The van der Waals surface area contributed by atoms with E-state index in [9.17, 15) is 9.59 Å². The first-order valence-corrected chi connectivity index (χ1v) is 15.6. The number of hydrogen-bond acceptors (Lipinski definition) is 7. The van der Waals surface area contributed by atoms with Gasteiger partial charge in [-0.25, -0.2) is 10.5 Å². The van der Waals surface area contributed by atoms with Crippen LogP contribution in [0, 0.1) is 6.92 Å². The fraction of sp³-hybridized carbons (Fsp3) is 0.222. The zero-order valence-electron chi connectivity index (χ0n) is 26.3. The fourth-order valence-corrected chi connectivity index (χ4v) is 5.95. The molecule has 0 saturated carbocycles. The number of aryl methyl sites for hydroxylation is 2. The van der Waals surface area contributed by atoms with E-state index >= 15 is 0 Å². The van der Waals surface area contributed by atoms with Crippen LogP contribution in [0.25, 0.3) is 33.5 Å². The van der Waals surface area contributed by atoms with Crippen LogP contribution in [0.15, 0.2) is 91.0 Å². The lowest BCUT2D eigenvalue weighted by molar-refractivity contribution is -0.129. The molecule has 0 spiro atoms. The Kier molecular flexibility index (Phi) is 9.44. The van der Waals surface area contributed by atoms with Crippen LogP contribution in [0.1, 0.15) is 52.6 Å². The molecule has 0 fully saturated rings. The Labute approximate surface area is 272 Å². The van der Waals surface area contributed by atoms with Crippen molar-refractivity contribution in [2.24, 2.45) is 0 Å². The van der Waals surface area contributed by atoms with E-state index < -0.39 is 11.9 Å². The van der Waals surface area contributed by atoms with Crippen LogP contribution >= 0.6 is 0 Å². The third kappa shape index (κ3) is 7.10. The number of tetrazole rings is 1. The molecule has 0 unspecified atom stereocenters. The summed E-state index contributed by atoms with van der Waals surface area (Å²) in [4.78, 5) is 30.7. The number of aromatic nitrogens is 6. The van der Waals surface area contributed by atoms with Crippen molar-refractivity contribution in [3.05, 3.63) is 119 Å². The molecule has 4 N–H and O–H groups in total. The summed E-state index contributed by atoms with van der Waals surface area (Å²) in [6.45, 7) is 4.67. The maximum Gasteiger partial charge on any atom is 0.251 e. The Morgan fingerprint density at radius 1 is 0.936 bits per heavy atom. The average molecular weight is 629 g/mol. The lowest BCUT2D eigenvalue weighted by Crippen LogP contribution is -2.40. The molecule has 47 heavy (non-hydrogen) atoms. The molecule has 4 aromatic carbocycles. The van der Waals surface area contributed by atoms with E-state index in [4.69, 9.17) is 10.2 Å². The number of amides is 2. The average Bonchev–Trinajstić information content (AvgIpc) is 3.75. The van der Waals surface area contributed by atoms with E-state index in [0.717, 1.165) is 63.1 Å². The molecule has 2 aromatic heterocycles. The molecule has 11 nitrogen and oxygen atoms in total. The largest absolute Gasteiger partial charge is 0.348 e. The van der Waals surface area contributed by atoms with Crippen LogP contribution in [-0.2, 0) is 24.2 Å². The normalized spacial score (nSPS) is 11.8. The van der Waals surface area contributed by atoms with E-state index in [1.54, 1.807) is 5.48 Å². The molecule has 0 aliphatic heterocycles. The van der Waals surface area contributed by atoms with Crippen LogP contribution in [-0.4, -0.2) is 53.2 Å². The smallest absolute Gasteiger partial charge is 0.251 e. The summed E-state index contributed by atoms with van der Waals surface area (Å²) in [5.41, 5.74) is 9.79. The zero-order chi connectivity index (χ0) is 32.8. The summed E-state index contributed by atoms with van der Waals surface area (Å²) in [7, 11) is 0. The maximum atomic E-state index is 13.6. The number of H-pyrrole nitrogens is 1. The second-order valence-electron chi connectivity index (χ2n) is 11.6. The van der Waals surface area contributed by atoms with Gasteiger partial charge in [0.15, 0.2) is 0 Å². The highest BCUT2D eigenvalue weighted by atomic mass is 16.5. The summed E-state index contributed by atoms with van der Waals surface area (Å²) in [5.74, 6) is 0.633. The molecule has 0 bridgehead atoms. The fourth-order valence-electron chi connectivity index (χ4n) is 5.95. The lowest BCUT2D eigenvalue weighted by Gasteiger charge is -2.18. The Balaban J connectivity index is 1.29. The topological polar surface area (TPSA) is 151 Å². The monoisotopic (exact) mass is 628 g/mol. The maximum absolute atomic E-state index is 13.6. The highest BCUT2D eigenvalue weighted by molar-refractivity contribution is 5.99. The van der Waals surface area contributed by atoms with E-state index in [2.05, 4.69) is 61.7 Å². The van der Waals surface area contributed by atoms with E-state index in [1.807, 2.05) is 73.7 Å². The van der Waals surface area contributed by atoms with Crippen molar-refractivity contribution in [2.45, 2.75) is 52.1 Å². The predicted octanol–water partition coefficient (Wildman–Crippen LogP) is 5.43. The predicted molar refractivity (Wildman–Crippen MR) is 179 cm³/mol. The molecule has 2 heterocycles. The molecular weight excluding hydrogens is 592 g/mol. The Morgan fingerprint density at radius 3 is 2.38 bits per heavy atom. The SMILES string of the molecule is CCCc1nc2c(C)cc(C(=O)N[C@@H](CC(=O)NO)Cc3ccccc3)cc2n1Cc1ccc(-c2ccccc2-c2nn[nH]n2)cc1. The number of aromatic amines is 1. The number of carbonyl (C=O) groups is 2. The summed E-state index contributed by atoms with van der Waals surface area (Å²) in [6.07, 6.45) is 2.10. The van der Waals surface area contributed by atoms with Gasteiger partial charge in [0.05, 0.1) is 11.0 Å². The van der Waals surface area contributed by atoms with Crippen molar-refractivity contribution in [3.8, 4) is 22.5 Å². The highest BCUT2D eigenvalue weighted by Crippen LogP contribution is 2.30. The Hall–Kier alpha value is -5.68. The molecule has 1 atom stereocenters. The number of fused-ring (bicyclic) bond motifs is 1. The molecule has 238 valence electrons. The molecular formula is C36H36N8O3. The first kappa shape index (κ1) is 31.3. The molecule has 0 radical (unpaired) electrons. The van der Waals surface area contributed by atoms with Crippen molar-refractivity contribution in [3.63, 3.8) is 0 Å². The summed E-state index contributed by atoms with van der Waals surface area (Å²) in [5, 5.41) is 26.7. The van der Waals surface area contributed by atoms with E-state index in [1.165, 1.54) is 0 Å². The highest BCUT2D eigenvalue weighted by Gasteiger charge is 2.21. The van der Waals surface area contributed by atoms with Crippen molar-refractivity contribution >= 4 is 22.8 Å². The minimum atomic E-state index is -0.565. The van der Waals surface area contributed by atoms with Crippen LogP contribution < -0.4 is 10.8 Å². The molecule has 11 heteroatoms. The molecule has 2 amide bonds. The summed E-state index contributed by atoms with van der Waals surface area (Å²) < 4.78 is 2.19. The number of hydroxylamine groups is 1. The first-order chi connectivity index (χ1) is 22.9. The standard InChI is InChI=1S/C36H36N8O3/c1-3-9-32-38-34-23(2)18-27(36(46)37-28(21-33(45)41-47)19-24-10-5-4-6-11-24)20-31(34)44(32)22-25-14-16-26(17-15-25)29-12-7-8-13-30(29)35-39-42-43-40-35/h4-8,10-18,20,28,47H,3,9,19,21-22H2,1-2H3,(H,37,46)(H,41,45)(H,39,40,42,43)/t28-/m1/s1. The second kappa shape index (κ2) is 14.2. The van der Waals surface area contributed by atoms with Crippen LogP contribution in [0.5, 0.6) is 0 Å². The van der Waals surface area contributed by atoms with Crippen LogP contribution in [0.2, 0.25) is 0 Å². The van der Waals surface area contributed by atoms with Crippen LogP contribution in [0.3, 0.4) is 0 Å². The quantitative estimate of drug-likeness (QED) is 0.104. The Bertz CT molecular complexity index is 1990. The summed E-state index contributed by atoms with van der Waals surface area (Å²) in [6, 6.07) is 29.2. The third-order valence-electron chi connectivity index (χ3n) is 8.19. The van der Waals surface area contributed by atoms with Gasteiger partial charge in [-0.3, -0.25) is 14.8 Å². The van der Waals surface area contributed by atoms with Crippen molar-refractivity contribution < 1.29 is 14.8 Å². The number of benzene rings is 4. The van der Waals surface area contributed by atoms with Gasteiger partial charge in [-0.05, 0) is 64.9 Å². The third-order valence-corrected chi connectivity index (χ3v) is 8.19. The molecule has 6 aromatic rings. The number of hydrogen-bond donors (Lipinski definition) is 4. The first-order valence-electron chi connectivity index (χ1n) is 15.6. The Morgan fingerprint density at radius 2 is 1.68 bits per heavy atom. The van der Waals surface area contributed by atoms with E-state index in [0.29, 0.717) is 24.4 Å². The number of imidazole rings is 1. The summed E-state index contributed by atoms with van der Waals surface area (Å²) >= 11 is 0. The van der Waals surface area contributed by atoms with Gasteiger partial charge in [-0.1, -0.05) is 85.8 Å². The lowest BCUT2D eigenvalue weighted by atomic mass is 9.98. The number of carbonyl (C=O) groups excluding carboxylic acids is 2. The van der Waals surface area contributed by atoms with Gasteiger partial charge in [0.2, 0.25) is 11.7 Å². The number of rotatable bonds is 12.